The van der Waals surface area contributed by atoms with E-state index in [-0.39, 0.29) is 18.4 Å². The van der Waals surface area contributed by atoms with Crippen molar-refractivity contribution in [3.8, 4) is 0 Å². The predicted molar refractivity (Wildman–Crippen MR) is 83.2 cm³/mol. The maximum atomic E-state index is 12.6. The Morgan fingerprint density at radius 1 is 1.41 bits per heavy atom. The molecular formula is C16H26N4O2. The summed E-state index contributed by atoms with van der Waals surface area (Å²) in [6, 6.07) is 0.105. The average Bonchev–Trinajstić information content (AvgIpc) is 3.02. The lowest BCUT2D eigenvalue weighted by Crippen LogP contribution is -2.51. The van der Waals surface area contributed by atoms with Crippen molar-refractivity contribution in [2.45, 2.75) is 50.2 Å². The number of imidazole rings is 1. The fraction of sp³-hybridized carbons (Fsp3) is 0.750. The summed E-state index contributed by atoms with van der Waals surface area (Å²) < 4.78 is 0. The van der Waals surface area contributed by atoms with Crippen molar-refractivity contribution in [3.05, 3.63) is 18.2 Å². The van der Waals surface area contributed by atoms with Crippen LogP contribution in [-0.2, 0) is 4.79 Å². The van der Waals surface area contributed by atoms with Crippen LogP contribution in [0.25, 0.3) is 0 Å². The number of rotatable bonds is 3. The quantitative estimate of drug-likeness (QED) is 0.883. The second kappa shape index (κ2) is 6.38. The molecule has 1 aliphatic carbocycles. The molecular weight excluding hydrogens is 280 g/mol. The van der Waals surface area contributed by atoms with E-state index < -0.39 is 5.60 Å². The molecule has 6 nitrogen and oxygen atoms in total. The first-order valence-corrected chi connectivity index (χ1v) is 8.27. The minimum absolute atomic E-state index is 0.0778. The Bertz CT molecular complexity index is 496. The zero-order valence-electron chi connectivity index (χ0n) is 13.3. The molecule has 1 saturated heterocycles. The second-order valence-electron chi connectivity index (χ2n) is 6.77. The van der Waals surface area contributed by atoms with Crippen molar-refractivity contribution in [2.24, 2.45) is 0 Å². The van der Waals surface area contributed by atoms with Gasteiger partial charge in [-0.15, -0.1) is 0 Å². The number of amides is 1. The van der Waals surface area contributed by atoms with E-state index in [4.69, 9.17) is 0 Å². The van der Waals surface area contributed by atoms with Crippen molar-refractivity contribution in [3.63, 3.8) is 0 Å². The normalized spacial score (nSPS) is 26.1. The molecule has 0 spiro atoms. The van der Waals surface area contributed by atoms with E-state index in [1.165, 1.54) is 6.42 Å². The summed E-state index contributed by atoms with van der Waals surface area (Å²) >= 11 is 0. The van der Waals surface area contributed by atoms with Gasteiger partial charge in [0.15, 0.2) is 0 Å². The van der Waals surface area contributed by atoms with Gasteiger partial charge in [0.25, 0.3) is 0 Å². The van der Waals surface area contributed by atoms with E-state index in [9.17, 15) is 9.90 Å². The summed E-state index contributed by atoms with van der Waals surface area (Å²) in [6.07, 6.45) is 8.57. The van der Waals surface area contributed by atoms with E-state index >= 15 is 0 Å². The number of aliphatic hydroxyl groups is 1. The standard InChI is InChI=1S/C16H26N4O2/c1-19-9-10-20(12-13(19)15-17-7-8-18-15)14(21)11-16(22)5-3-2-4-6-16/h7-8,13,22H,2-6,9-12H2,1H3,(H,17,18)/t13-/m0/s1. The maximum Gasteiger partial charge on any atom is 0.225 e. The highest BCUT2D eigenvalue weighted by molar-refractivity contribution is 5.77. The summed E-state index contributed by atoms with van der Waals surface area (Å²) in [7, 11) is 2.06. The van der Waals surface area contributed by atoms with Gasteiger partial charge in [0.1, 0.15) is 5.82 Å². The highest BCUT2D eigenvalue weighted by atomic mass is 16.3. The number of hydrogen-bond donors (Lipinski definition) is 2. The molecule has 1 aromatic rings. The van der Waals surface area contributed by atoms with Crippen LogP contribution < -0.4 is 0 Å². The molecule has 1 aliphatic heterocycles. The van der Waals surface area contributed by atoms with Crippen LogP contribution in [0, 0.1) is 0 Å². The molecule has 1 atom stereocenters. The number of nitrogens with one attached hydrogen (secondary N) is 1. The van der Waals surface area contributed by atoms with Gasteiger partial charge in [-0.3, -0.25) is 9.69 Å². The van der Waals surface area contributed by atoms with Crippen molar-refractivity contribution in [2.75, 3.05) is 26.7 Å². The van der Waals surface area contributed by atoms with E-state index in [1.807, 2.05) is 11.1 Å². The first-order chi connectivity index (χ1) is 10.6. The van der Waals surface area contributed by atoms with Crippen LogP contribution >= 0.6 is 0 Å². The highest BCUT2D eigenvalue weighted by Gasteiger charge is 2.36. The fourth-order valence-electron chi connectivity index (χ4n) is 3.64. The summed E-state index contributed by atoms with van der Waals surface area (Å²) in [5.74, 6) is 0.977. The third kappa shape index (κ3) is 3.33. The van der Waals surface area contributed by atoms with Crippen LogP contribution in [0.4, 0.5) is 0 Å². The van der Waals surface area contributed by atoms with E-state index in [0.29, 0.717) is 6.54 Å². The number of piperazine rings is 1. The molecule has 0 radical (unpaired) electrons. The molecule has 2 heterocycles. The number of likely N-dealkylation sites (N-methyl/N-ethyl adjacent to an activating group) is 1. The minimum Gasteiger partial charge on any atom is -0.389 e. The van der Waals surface area contributed by atoms with E-state index in [1.54, 1.807) is 6.20 Å². The zero-order valence-corrected chi connectivity index (χ0v) is 13.3. The molecule has 122 valence electrons. The second-order valence-corrected chi connectivity index (χ2v) is 6.77. The van der Waals surface area contributed by atoms with Crippen LogP contribution in [0.3, 0.4) is 0 Å². The van der Waals surface area contributed by atoms with Crippen molar-refractivity contribution in [1.29, 1.82) is 0 Å². The average molecular weight is 306 g/mol. The number of aromatic amines is 1. The van der Waals surface area contributed by atoms with Crippen molar-refractivity contribution < 1.29 is 9.90 Å². The molecule has 6 heteroatoms. The van der Waals surface area contributed by atoms with Crippen LogP contribution in [0.1, 0.15) is 50.4 Å². The molecule has 3 rings (SSSR count). The summed E-state index contributed by atoms with van der Waals surface area (Å²) in [5, 5.41) is 10.6. The lowest BCUT2D eigenvalue weighted by Gasteiger charge is -2.40. The van der Waals surface area contributed by atoms with Crippen molar-refractivity contribution >= 4 is 5.91 Å². The Morgan fingerprint density at radius 3 is 2.86 bits per heavy atom. The summed E-state index contributed by atoms with van der Waals surface area (Å²) in [5.41, 5.74) is -0.779. The molecule has 0 aromatic carbocycles. The Balaban J connectivity index is 1.63. The molecule has 2 aliphatic rings. The van der Waals surface area contributed by atoms with Gasteiger partial charge in [-0.05, 0) is 19.9 Å². The molecule has 1 saturated carbocycles. The Kier molecular flexibility index (Phi) is 4.49. The van der Waals surface area contributed by atoms with Gasteiger partial charge in [-0.1, -0.05) is 19.3 Å². The summed E-state index contributed by atoms with van der Waals surface area (Å²) in [6.45, 7) is 2.19. The number of H-pyrrole nitrogens is 1. The number of carbonyl (C=O) groups excluding carboxylic acids is 1. The van der Waals surface area contributed by atoms with Gasteiger partial charge < -0.3 is 15.0 Å². The van der Waals surface area contributed by atoms with Crippen LogP contribution in [0.5, 0.6) is 0 Å². The number of hydrogen-bond acceptors (Lipinski definition) is 4. The molecule has 0 unspecified atom stereocenters. The van der Waals surface area contributed by atoms with Gasteiger partial charge in [0, 0.05) is 32.0 Å². The third-order valence-corrected chi connectivity index (χ3v) is 5.10. The maximum absolute atomic E-state index is 12.6. The van der Waals surface area contributed by atoms with Gasteiger partial charge in [-0.25, -0.2) is 4.98 Å². The lowest BCUT2D eigenvalue weighted by molar-refractivity contribution is -0.140. The van der Waals surface area contributed by atoms with Gasteiger partial charge >= 0.3 is 0 Å². The Hall–Kier alpha value is -1.40. The zero-order chi connectivity index (χ0) is 15.6. The van der Waals surface area contributed by atoms with Crippen LogP contribution in [-0.4, -0.2) is 63.1 Å². The first-order valence-electron chi connectivity index (χ1n) is 8.27. The number of carbonyl (C=O) groups is 1. The topological polar surface area (TPSA) is 72.5 Å². The van der Waals surface area contributed by atoms with Crippen molar-refractivity contribution in [1.82, 2.24) is 19.8 Å². The third-order valence-electron chi connectivity index (χ3n) is 5.10. The van der Waals surface area contributed by atoms with E-state index in [2.05, 4.69) is 21.9 Å². The monoisotopic (exact) mass is 306 g/mol. The Morgan fingerprint density at radius 2 is 2.18 bits per heavy atom. The lowest BCUT2D eigenvalue weighted by atomic mass is 9.82. The van der Waals surface area contributed by atoms with Gasteiger partial charge in [0.2, 0.25) is 5.91 Å². The highest BCUT2D eigenvalue weighted by Crippen LogP contribution is 2.32. The molecule has 22 heavy (non-hydrogen) atoms. The molecule has 1 amide bonds. The predicted octanol–water partition coefficient (Wildman–Crippen LogP) is 1.31. The molecule has 0 bridgehead atoms. The van der Waals surface area contributed by atoms with Crippen LogP contribution in [0.15, 0.2) is 12.4 Å². The smallest absolute Gasteiger partial charge is 0.225 e. The molecule has 1 aromatic heterocycles. The number of aromatic nitrogens is 2. The van der Waals surface area contributed by atoms with Gasteiger partial charge in [0.05, 0.1) is 18.1 Å². The molecule has 2 N–H and O–H groups in total. The number of nitrogens with zero attached hydrogens (tertiary/aromatic N) is 3. The minimum atomic E-state index is -0.779. The Labute approximate surface area is 131 Å². The molecule has 2 fully saturated rings. The van der Waals surface area contributed by atoms with Gasteiger partial charge in [-0.2, -0.15) is 0 Å². The van der Waals surface area contributed by atoms with Crippen LogP contribution in [0.2, 0.25) is 0 Å². The SMILES string of the molecule is CN1CCN(C(=O)CC2(O)CCCCC2)C[C@H]1c1ncc[nH]1. The summed E-state index contributed by atoms with van der Waals surface area (Å²) in [4.78, 5) is 24.2. The largest absolute Gasteiger partial charge is 0.389 e. The first kappa shape index (κ1) is 15.5. The fourth-order valence-corrected chi connectivity index (χ4v) is 3.64. The van der Waals surface area contributed by atoms with E-state index in [0.717, 1.165) is 44.6 Å².